The summed E-state index contributed by atoms with van der Waals surface area (Å²) < 4.78 is 5.36. The minimum absolute atomic E-state index is 0.393. The molecule has 0 aliphatic heterocycles. The molecular formula is C19H20Cl2N2O3. The molecule has 2 rings (SSSR count). The summed E-state index contributed by atoms with van der Waals surface area (Å²) in [5, 5.41) is 6.19. The Hall–Kier alpha value is -2.24. The number of hydrogen-bond donors (Lipinski definition) is 2. The summed E-state index contributed by atoms with van der Waals surface area (Å²) in [5.41, 5.74) is -0.313. The largest absolute Gasteiger partial charge is 0.494 e. The third kappa shape index (κ3) is 5.13. The first-order valence-corrected chi connectivity index (χ1v) is 8.80. The van der Waals surface area contributed by atoms with E-state index in [-0.39, 0.29) is 0 Å². The van der Waals surface area contributed by atoms with Gasteiger partial charge in [0.15, 0.2) is 0 Å². The van der Waals surface area contributed by atoms with Crippen molar-refractivity contribution in [2.24, 2.45) is 5.41 Å². The van der Waals surface area contributed by atoms with Crippen molar-refractivity contribution in [3.05, 3.63) is 52.5 Å². The molecule has 0 atom stereocenters. The average Bonchev–Trinajstić information content (AvgIpc) is 2.55. The zero-order valence-corrected chi connectivity index (χ0v) is 16.2. The highest BCUT2D eigenvalue weighted by Gasteiger charge is 2.36. The highest BCUT2D eigenvalue weighted by atomic mass is 35.5. The van der Waals surface area contributed by atoms with Crippen molar-refractivity contribution in [2.45, 2.75) is 20.8 Å². The lowest BCUT2D eigenvalue weighted by molar-refractivity contribution is -0.135. The number of carbonyl (C=O) groups excluding carboxylic acids is 2. The van der Waals surface area contributed by atoms with Crippen LogP contribution in [-0.2, 0) is 9.59 Å². The van der Waals surface area contributed by atoms with Crippen molar-refractivity contribution >= 4 is 46.4 Å². The van der Waals surface area contributed by atoms with Crippen LogP contribution < -0.4 is 15.4 Å². The second-order valence-corrected chi connectivity index (χ2v) is 7.02. The molecule has 0 spiro atoms. The maximum Gasteiger partial charge on any atom is 0.239 e. The number of amides is 2. The quantitative estimate of drug-likeness (QED) is 0.677. The predicted molar refractivity (Wildman–Crippen MR) is 105 cm³/mol. The fraction of sp³-hybridized carbons (Fsp3) is 0.263. The van der Waals surface area contributed by atoms with Gasteiger partial charge >= 0.3 is 0 Å². The minimum Gasteiger partial charge on any atom is -0.494 e. The Bertz CT molecular complexity index is 785. The van der Waals surface area contributed by atoms with Gasteiger partial charge < -0.3 is 15.4 Å². The van der Waals surface area contributed by atoms with Gasteiger partial charge in [-0.05, 0) is 63.2 Å². The molecule has 0 radical (unpaired) electrons. The Morgan fingerprint density at radius 2 is 1.42 bits per heavy atom. The van der Waals surface area contributed by atoms with Gasteiger partial charge in [-0.1, -0.05) is 23.2 Å². The molecule has 7 heteroatoms. The Labute approximate surface area is 162 Å². The lowest BCUT2D eigenvalue weighted by Crippen LogP contribution is -2.41. The Balaban J connectivity index is 2.06. The molecular weight excluding hydrogens is 375 g/mol. The molecule has 0 aromatic heterocycles. The van der Waals surface area contributed by atoms with Crippen molar-refractivity contribution in [3.63, 3.8) is 0 Å². The number of carbonyl (C=O) groups is 2. The van der Waals surface area contributed by atoms with Gasteiger partial charge in [0.25, 0.3) is 0 Å². The van der Waals surface area contributed by atoms with E-state index in [9.17, 15) is 9.59 Å². The van der Waals surface area contributed by atoms with Crippen LogP contribution in [0.15, 0.2) is 42.5 Å². The normalized spacial score (nSPS) is 11.0. The molecule has 138 valence electrons. The van der Waals surface area contributed by atoms with Gasteiger partial charge in [0.05, 0.1) is 6.61 Å². The van der Waals surface area contributed by atoms with Crippen LogP contribution in [-0.4, -0.2) is 18.4 Å². The van der Waals surface area contributed by atoms with Crippen molar-refractivity contribution in [1.29, 1.82) is 0 Å². The number of rotatable bonds is 6. The molecule has 2 aromatic rings. The van der Waals surface area contributed by atoms with E-state index in [2.05, 4.69) is 10.6 Å². The number of anilines is 2. The van der Waals surface area contributed by atoms with E-state index in [4.69, 9.17) is 27.9 Å². The summed E-state index contributed by atoms with van der Waals surface area (Å²) in [6.45, 7) is 5.53. The molecule has 0 saturated heterocycles. The summed E-state index contributed by atoms with van der Waals surface area (Å²) in [4.78, 5) is 25.1. The summed E-state index contributed by atoms with van der Waals surface area (Å²) in [6.07, 6.45) is 0. The average molecular weight is 395 g/mol. The number of hydrogen-bond acceptors (Lipinski definition) is 3. The third-order valence-electron chi connectivity index (χ3n) is 3.68. The van der Waals surface area contributed by atoms with E-state index in [1.54, 1.807) is 56.3 Å². The van der Waals surface area contributed by atoms with Gasteiger partial charge in [0, 0.05) is 21.4 Å². The van der Waals surface area contributed by atoms with Gasteiger partial charge in [0.2, 0.25) is 11.8 Å². The van der Waals surface area contributed by atoms with Crippen LogP contribution in [0.1, 0.15) is 20.8 Å². The Morgan fingerprint density at radius 1 is 0.923 bits per heavy atom. The van der Waals surface area contributed by atoms with E-state index in [0.717, 1.165) is 0 Å². The smallest absolute Gasteiger partial charge is 0.239 e. The van der Waals surface area contributed by atoms with Crippen molar-refractivity contribution < 1.29 is 14.3 Å². The van der Waals surface area contributed by atoms with Crippen LogP contribution in [0.2, 0.25) is 10.0 Å². The van der Waals surface area contributed by atoms with Crippen LogP contribution >= 0.6 is 23.2 Å². The fourth-order valence-electron chi connectivity index (χ4n) is 2.10. The summed E-state index contributed by atoms with van der Waals surface area (Å²) in [6, 6.07) is 11.6. The highest BCUT2D eigenvalue weighted by molar-refractivity contribution is 6.35. The lowest BCUT2D eigenvalue weighted by Gasteiger charge is -2.23. The molecule has 0 aliphatic carbocycles. The fourth-order valence-corrected chi connectivity index (χ4v) is 2.63. The number of ether oxygens (including phenoxy) is 1. The van der Waals surface area contributed by atoms with E-state index in [1.807, 2.05) is 6.92 Å². The van der Waals surface area contributed by atoms with Crippen LogP contribution in [0.3, 0.4) is 0 Å². The first-order valence-electron chi connectivity index (χ1n) is 8.04. The molecule has 2 amide bonds. The van der Waals surface area contributed by atoms with Gasteiger partial charge in [0.1, 0.15) is 11.2 Å². The van der Waals surface area contributed by atoms with E-state index < -0.39 is 17.2 Å². The summed E-state index contributed by atoms with van der Waals surface area (Å²) in [7, 11) is 0. The summed E-state index contributed by atoms with van der Waals surface area (Å²) >= 11 is 11.9. The van der Waals surface area contributed by atoms with Crippen molar-refractivity contribution in [3.8, 4) is 5.75 Å². The maximum atomic E-state index is 12.6. The van der Waals surface area contributed by atoms with Crippen LogP contribution in [0.5, 0.6) is 5.75 Å². The topological polar surface area (TPSA) is 67.4 Å². The zero-order chi connectivity index (χ0) is 19.3. The molecule has 0 heterocycles. The molecule has 0 unspecified atom stereocenters. The molecule has 0 saturated carbocycles. The van der Waals surface area contributed by atoms with Gasteiger partial charge in [-0.2, -0.15) is 0 Å². The van der Waals surface area contributed by atoms with E-state index in [0.29, 0.717) is 33.8 Å². The number of nitrogens with one attached hydrogen (secondary N) is 2. The minimum atomic E-state index is -1.31. The molecule has 2 aromatic carbocycles. The van der Waals surface area contributed by atoms with Gasteiger partial charge in [-0.3, -0.25) is 9.59 Å². The number of halogens is 2. The van der Waals surface area contributed by atoms with E-state index >= 15 is 0 Å². The number of benzene rings is 2. The van der Waals surface area contributed by atoms with Crippen molar-refractivity contribution in [2.75, 3.05) is 17.2 Å². The standard InChI is InChI=1S/C19H20Cl2N2O3/c1-4-26-16-7-5-14(6-8-16)22-17(24)19(2,3)18(25)23-15-10-12(20)9-13(21)11-15/h5-11H,4H2,1-3H3,(H,22,24)(H,23,25). The second-order valence-electron chi connectivity index (χ2n) is 6.15. The summed E-state index contributed by atoms with van der Waals surface area (Å²) in [5.74, 6) is -0.202. The Kier molecular flexibility index (Phi) is 6.51. The molecule has 0 fully saturated rings. The first-order chi connectivity index (χ1) is 12.2. The van der Waals surface area contributed by atoms with Gasteiger partial charge in [-0.25, -0.2) is 0 Å². The molecule has 2 N–H and O–H groups in total. The van der Waals surface area contributed by atoms with Crippen LogP contribution in [0.4, 0.5) is 11.4 Å². The third-order valence-corrected chi connectivity index (χ3v) is 4.12. The van der Waals surface area contributed by atoms with Crippen LogP contribution in [0.25, 0.3) is 0 Å². The second kappa shape index (κ2) is 8.43. The monoisotopic (exact) mass is 394 g/mol. The van der Waals surface area contributed by atoms with E-state index in [1.165, 1.54) is 0 Å². The molecule has 5 nitrogen and oxygen atoms in total. The Morgan fingerprint density at radius 3 is 1.92 bits per heavy atom. The van der Waals surface area contributed by atoms with Gasteiger partial charge in [-0.15, -0.1) is 0 Å². The highest BCUT2D eigenvalue weighted by Crippen LogP contribution is 2.26. The molecule has 26 heavy (non-hydrogen) atoms. The molecule has 0 aliphatic rings. The first kappa shape index (κ1) is 20.1. The zero-order valence-electron chi connectivity index (χ0n) is 14.7. The predicted octanol–water partition coefficient (Wildman–Crippen LogP) is 5.00. The van der Waals surface area contributed by atoms with Crippen molar-refractivity contribution in [1.82, 2.24) is 0 Å². The SMILES string of the molecule is CCOc1ccc(NC(=O)C(C)(C)C(=O)Nc2cc(Cl)cc(Cl)c2)cc1. The lowest BCUT2D eigenvalue weighted by atomic mass is 9.90. The molecule has 0 bridgehead atoms. The van der Waals surface area contributed by atoms with Crippen LogP contribution in [0, 0.1) is 5.41 Å². The maximum absolute atomic E-state index is 12.6.